The summed E-state index contributed by atoms with van der Waals surface area (Å²) in [4.78, 5) is 25.2. The molecule has 114 valence electrons. The van der Waals surface area contributed by atoms with Crippen molar-refractivity contribution >= 4 is 11.8 Å². The molecule has 1 aromatic carbocycles. The van der Waals surface area contributed by atoms with Gasteiger partial charge in [-0.1, -0.05) is 12.1 Å². The number of nitrogens with one attached hydrogen (secondary N) is 1. The number of benzene rings is 1. The average molecular weight is 290 g/mol. The average Bonchev–Trinajstić information content (AvgIpc) is 2.47. The van der Waals surface area contributed by atoms with Crippen molar-refractivity contribution in [3.8, 4) is 0 Å². The number of hydrogen-bond donors (Lipinski definition) is 3. The number of nitrogens with two attached hydrogens (primary N) is 2. The first kappa shape index (κ1) is 15.5. The highest BCUT2D eigenvalue weighted by molar-refractivity contribution is 5.94. The smallest absolute Gasteiger partial charge is 0.251 e. The number of hydrogen-bond acceptors (Lipinski definition) is 4. The Labute approximate surface area is 124 Å². The van der Waals surface area contributed by atoms with Crippen LogP contribution in [0.2, 0.25) is 0 Å². The number of carbonyl (C=O) groups excluding carboxylic acids is 2. The van der Waals surface area contributed by atoms with Crippen LogP contribution in [0.4, 0.5) is 0 Å². The van der Waals surface area contributed by atoms with Crippen molar-refractivity contribution in [2.45, 2.75) is 25.4 Å². The molecule has 6 heteroatoms. The fraction of sp³-hybridized carbons (Fsp3) is 0.467. The lowest BCUT2D eigenvalue weighted by Gasteiger charge is -2.32. The van der Waals surface area contributed by atoms with Crippen LogP contribution in [0, 0.1) is 0 Å². The van der Waals surface area contributed by atoms with Gasteiger partial charge >= 0.3 is 0 Å². The summed E-state index contributed by atoms with van der Waals surface area (Å²) in [6.45, 7) is 2.16. The maximum atomic E-state index is 12.2. The minimum atomic E-state index is -0.336. The Morgan fingerprint density at radius 3 is 2.90 bits per heavy atom. The Bertz CT molecular complexity index is 518. The van der Waals surface area contributed by atoms with Crippen LogP contribution in [0.1, 0.15) is 28.8 Å². The van der Waals surface area contributed by atoms with Crippen LogP contribution in [0.5, 0.6) is 0 Å². The molecule has 5 N–H and O–H groups in total. The third-order valence-electron chi connectivity index (χ3n) is 3.65. The van der Waals surface area contributed by atoms with Gasteiger partial charge in [0.1, 0.15) is 0 Å². The fourth-order valence-electron chi connectivity index (χ4n) is 2.65. The Morgan fingerprint density at radius 2 is 2.19 bits per heavy atom. The standard InChI is InChI=1S/C15H22N4O2/c16-8-11-3-1-4-12(7-11)15(21)18-13-5-2-6-19(9-13)10-14(17)20/h1,3-4,7,13H,2,5-6,8-10,16H2,(H2,17,20)(H,18,21). The molecule has 1 heterocycles. The van der Waals surface area contributed by atoms with Gasteiger partial charge in [-0.2, -0.15) is 0 Å². The number of carbonyl (C=O) groups is 2. The molecular weight excluding hydrogens is 268 g/mol. The van der Waals surface area contributed by atoms with Crippen molar-refractivity contribution in [3.05, 3.63) is 35.4 Å². The van der Waals surface area contributed by atoms with E-state index in [2.05, 4.69) is 5.32 Å². The Hall–Kier alpha value is -1.92. The highest BCUT2D eigenvalue weighted by Crippen LogP contribution is 2.11. The van der Waals surface area contributed by atoms with E-state index in [4.69, 9.17) is 11.5 Å². The molecule has 1 aliphatic rings. The van der Waals surface area contributed by atoms with Crippen molar-refractivity contribution in [3.63, 3.8) is 0 Å². The van der Waals surface area contributed by atoms with E-state index in [9.17, 15) is 9.59 Å². The van der Waals surface area contributed by atoms with Gasteiger partial charge in [0, 0.05) is 24.7 Å². The fourth-order valence-corrected chi connectivity index (χ4v) is 2.65. The van der Waals surface area contributed by atoms with Gasteiger partial charge in [-0.15, -0.1) is 0 Å². The minimum Gasteiger partial charge on any atom is -0.369 e. The Balaban J connectivity index is 1.93. The van der Waals surface area contributed by atoms with Crippen molar-refractivity contribution in [2.24, 2.45) is 11.5 Å². The van der Waals surface area contributed by atoms with Crippen molar-refractivity contribution in [1.29, 1.82) is 0 Å². The quantitative estimate of drug-likeness (QED) is 0.700. The maximum Gasteiger partial charge on any atom is 0.251 e. The number of primary amides is 1. The van der Waals surface area contributed by atoms with Crippen LogP contribution >= 0.6 is 0 Å². The van der Waals surface area contributed by atoms with Gasteiger partial charge in [-0.3, -0.25) is 14.5 Å². The monoisotopic (exact) mass is 290 g/mol. The zero-order valence-electron chi connectivity index (χ0n) is 12.0. The Morgan fingerprint density at radius 1 is 1.38 bits per heavy atom. The second-order valence-corrected chi connectivity index (χ2v) is 5.42. The van der Waals surface area contributed by atoms with Crippen molar-refractivity contribution in [1.82, 2.24) is 10.2 Å². The third-order valence-corrected chi connectivity index (χ3v) is 3.65. The molecule has 1 saturated heterocycles. The summed E-state index contributed by atoms with van der Waals surface area (Å²) in [5.74, 6) is -0.436. The predicted molar refractivity (Wildman–Crippen MR) is 80.5 cm³/mol. The number of amides is 2. The van der Waals surface area contributed by atoms with E-state index in [1.54, 1.807) is 12.1 Å². The van der Waals surface area contributed by atoms with E-state index in [1.165, 1.54) is 0 Å². The van der Waals surface area contributed by atoms with Crippen LogP contribution in [0.3, 0.4) is 0 Å². The van der Waals surface area contributed by atoms with E-state index < -0.39 is 0 Å². The molecule has 0 spiro atoms. The minimum absolute atomic E-state index is 0.0483. The molecule has 0 aliphatic carbocycles. The topological polar surface area (TPSA) is 101 Å². The predicted octanol–water partition coefficient (Wildman–Crippen LogP) is -0.175. The number of nitrogens with zero attached hydrogens (tertiary/aromatic N) is 1. The molecular formula is C15H22N4O2. The Kier molecular flexibility index (Phi) is 5.30. The van der Waals surface area contributed by atoms with Crippen LogP contribution in [0.15, 0.2) is 24.3 Å². The van der Waals surface area contributed by atoms with Gasteiger partial charge < -0.3 is 16.8 Å². The van der Waals surface area contributed by atoms with Crippen molar-refractivity contribution in [2.75, 3.05) is 19.6 Å². The van der Waals surface area contributed by atoms with E-state index in [0.29, 0.717) is 18.7 Å². The molecule has 1 fully saturated rings. The van der Waals surface area contributed by atoms with E-state index in [0.717, 1.165) is 24.9 Å². The molecule has 6 nitrogen and oxygen atoms in total. The number of likely N-dealkylation sites (tertiary alicyclic amines) is 1. The molecule has 0 saturated carbocycles. The summed E-state index contributed by atoms with van der Waals surface area (Å²) in [5, 5.41) is 3.02. The van der Waals surface area contributed by atoms with E-state index in [1.807, 2.05) is 17.0 Å². The van der Waals surface area contributed by atoms with Crippen LogP contribution < -0.4 is 16.8 Å². The molecule has 1 unspecified atom stereocenters. The number of piperidine rings is 1. The highest BCUT2D eigenvalue weighted by Gasteiger charge is 2.22. The van der Waals surface area contributed by atoms with E-state index in [-0.39, 0.29) is 24.4 Å². The highest BCUT2D eigenvalue weighted by atomic mass is 16.2. The lowest BCUT2D eigenvalue weighted by Crippen LogP contribution is -2.49. The van der Waals surface area contributed by atoms with Crippen LogP contribution in [-0.4, -0.2) is 42.4 Å². The lowest BCUT2D eigenvalue weighted by atomic mass is 10.0. The number of rotatable bonds is 5. The molecule has 1 aromatic rings. The first-order chi connectivity index (χ1) is 10.1. The maximum absolute atomic E-state index is 12.2. The van der Waals surface area contributed by atoms with Crippen LogP contribution in [-0.2, 0) is 11.3 Å². The molecule has 0 aromatic heterocycles. The zero-order valence-corrected chi connectivity index (χ0v) is 12.0. The van der Waals surface area contributed by atoms with E-state index >= 15 is 0 Å². The molecule has 2 rings (SSSR count). The third kappa shape index (κ3) is 4.54. The summed E-state index contributed by atoms with van der Waals surface area (Å²) in [6.07, 6.45) is 1.86. The second-order valence-electron chi connectivity index (χ2n) is 5.42. The van der Waals surface area contributed by atoms with Gasteiger partial charge in [-0.05, 0) is 37.1 Å². The molecule has 0 bridgehead atoms. The summed E-state index contributed by atoms with van der Waals surface area (Å²) in [7, 11) is 0. The van der Waals surface area contributed by atoms with Crippen molar-refractivity contribution < 1.29 is 9.59 Å². The summed E-state index contributed by atoms with van der Waals surface area (Å²) >= 11 is 0. The van der Waals surface area contributed by atoms with Gasteiger partial charge in [0.2, 0.25) is 5.91 Å². The first-order valence-electron chi connectivity index (χ1n) is 7.19. The molecule has 21 heavy (non-hydrogen) atoms. The molecule has 0 radical (unpaired) electrons. The van der Waals surface area contributed by atoms with Gasteiger partial charge in [0.05, 0.1) is 6.54 Å². The summed E-state index contributed by atoms with van der Waals surface area (Å²) in [5.41, 5.74) is 12.3. The van der Waals surface area contributed by atoms with Gasteiger partial charge in [0.25, 0.3) is 5.91 Å². The van der Waals surface area contributed by atoms with Gasteiger partial charge in [-0.25, -0.2) is 0 Å². The SMILES string of the molecule is NCc1cccc(C(=O)NC2CCCN(CC(N)=O)C2)c1. The van der Waals surface area contributed by atoms with Gasteiger partial charge in [0.15, 0.2) is 0 Å². The lowest BCUT2D eigenvalue weighted by molar-refractivity contribution is -0.119. The molecule has 1 aliphatic heterocycles. The normalized spacial score (nSPS) is 19.2. The summed E-state index contributed by atoms with van der Waals surface area (Å²) in [6, 6.07) is 7.36. The molecule has 2 amide bonds. The molecule has 1 atom stereocenters. The summed E-state index contributed by atoms with van der Waals surface area (Å²) < 4.78 is 0. The zero-order chi connectivity index (χ0) is 15.2. The van der Waals surface area contributed by atoms with Crippen LogP contribution in [0.25, 0.3) is 0 Å². The first-order valence-corrected chi connectivity index (χ1v) is 7.19. The second kappa shape index (κ2) is 7.19. The largest absolute Gasteiger partial charge is 0.369 e.